The summed E-state index contributed by atoms with van der Waals surface area (Å²) >= 11 is 0. The smallest absolute Gasteiger partial charge is 0.101 e. The molecule has 2 nitrogen and oxygen atoms in total. The minimum atomic E-state index is 0.495. The van der Waals surface area contributed by atoms with Crippen LogP contribution in [-0.4, -0.2) is 11.9 Å². The molecule has 2 heteroatoms. The van der Waals surface area contributed by atoms with E-state index >= 15 is 0 Å². The van der Waals surface area contributed by atoms with Crippen molar-refractivity contribution < 1.29 is 0 Å². The van der Waals surface area contributed by atoms with Crippen molar-refractivity contribution in [3.63, 3.8) is 0 Å². The summed E-state index contributed by atoms with van der Waals surface area (Å²) in [5, 5.41) is 3.44. The lowest BCUT2D eigenvalue weighted by molar-refractivity contribution is 0.739. The van der Waals surface area contributed by atoms with Crippen molar-refractivity contribution >= 4 is 11.5 Å². The third-order valence-electron chi connectivity index (χ3n) is 3.40. The first-order valence-electron chi connectivity index (χ1n) is 6.25. The summed E-state index contributed by atoms with van der Waals surface area (Å²) in [5.41, 5.74) is 2.69. The summed E-state index contributed by atoms with van der Waals surface area (Å²) in [5.74, 6) is 1.98. The fraction of sp³-hybridized carbons (Fsp3) is 0.500. The van der Waals surface area contributed by atoms with Crippen molar-refractivity contribution in [3.05, 3.63) is 29.8 Å². The van der Waals surface area contributed by atoms with E-state index in [1.54, 1.807) is 0 Å². The van der Waals surface area contributed by atoms with Crippen molar-refractivity contribution in [2.24, 2.45) is 4.99 Å². The average molecular weight is 214 g/mol. The van der Waals surface area contributed by atoms with Gasteiger partial charge in [0.05, 0.1) is 0 Å². The van der Waals surface area contributed by atoms with E-state index in [1.165, 1.54) is 30.5 Å². The number of hydrogen-bond acceptors (Lipinski definition) is 2. The van der Waals surface area contributed by atoms with E-state index in [0.29, 0.717) is 6.04 Å². The maximum absolute atomic E-state index is 4.58. The van der Waals surface area contributed by atoms with Gasteiger partial charge in [0.25, 0.3) is 0 Å². The monoisotopic (exact) mass is 214 g/mol. The van der Waals surface area contributed by atoms with Crippen LogP contribution in [0.2, 0.25) is 0 Å². The molecule has 0 radical (unpaired) electrons. The Morgan fingerprint density at radius 3 is 2.81 bits per heavy atom. The highest BCUT2D eigenvalue weighted by atomic mass is 15.0. The van der Waals surface area contributed by atoms with E-state index in [2.05, 4.69) is 41.5 Å². The summed E-state index contributed by atoms with van der Waals surface area (Å²) in [6.07, 6.45) is 5.00. The molecule has 0 bridgehead atoms. The van der Waals surface area contributed by atoms with Crippen molar-refractivity contribution in [2.75, 3.05) is 5.32 Å². The Morgan fingerprint density at radius 2 is 2.12 bits per heavy atom. The number of nitrogens with one attached hydrogen (secondary N) is 1. The van der Waals surface area contributed by atoms with Gasteiger partial charge >= 0.3 is 0 Å². The fourth-order valence-corrected chi connectivity index (χ4v) is 2.29. The first-order valence-corrected chi connectivity index (χ1v) is 6.25. The minimum Gasteiger partial charge on any atom is -0.344 e. The van der Waals surface area contributed by atoms with Crippen LogP contribution in [0.5, 0.6) is 0 Å². The second-order valence-corrected chi connectivity index (χ2v) is 4.99. The Labute approximate surface area is 96.8 Å². The summed E-state index contributed by atoms with van der Waals surface area (Å²) in [6, 6.07) is 9.30. The Hall–Kier alpha value is -1.31. The zero-order chi connectivity index (χ0) is 11.0. The van der Waals surface area contributed by atoms with E-state index in [9.17, 15) is 0 Å². The summed E-state index contributed by atoms with van der Waals surface area (Å²) in [7, 11) is 0. The highest BCUT2D eigenvalue weighted by Crippen LogP contribution is 2.40. The quantitative estimate of drug-likeness (QED) is 0.799. The second kappa shape index (κ2) is 3.93. The van der Waals surface area contributed by atoms with Crippen LogP contribution in [0, 0.1) is 0 Å². The van der Waals surface area contributed by atoms with Gasteiger partial charge in [0.2, 0.25) is 0 Å². The van der Waals surface area contributed by atoms with Crippen LogP contribution in [-0.2, 0) is 0 Å². The number of aliphatic imine (C=N–C) groups is 1. The first kappa shape index (κ1) is 9.88. The zero-order valence-electron chi connectivity index (χ0n) is 9.74. The van der Waals surface area contributed by atoms with Gasteiger partial charge in [-0.2, -0.15) is 0 Å². The van der Waals surface area contributed by atoms with Crippen molar-refractivity contribution in [3.8, 4) is 0 Å². The van der Waals surface area contributed by atoms with Gasteiger partial charge in [-0.1, -0.05) is 12.1 Å². The molecule has 1 atom stereocenters. The number of hydrogen-bond donors (Lipinski definition) is 1. The van der Waals surface area contributed by atoms with E-state index in [0.717, 1.165) is 18.2 Å². The van der Waals surface area contributed by atoms with E-state index < -0.39 is 0 Å². The number of amidine groups is 1. The largest absolute Gasteiger partial charge is 0.344 e. The van der Waals surface area contributed by atoms with E-state index in [-0.39, 0.29) is 0 Å². The number of nitrogens with zero attached hydrogens (tertiary/aromatic N) is 1. The fourth-order valence-electron chi connectivity index (χ4n) is 2.29. The highest BCUT2D eigenvalue weighted by Gasteiger charge is 2.23. The van der Waals surface area contributed by atoms with Gasteiger partial charge in [-0.15, -0.1) is 0 Å². The van der Waals surface area contributed by atoms with E-state index in [4.69, 9.17) is 0 Å². The Kier molecular flexibility index (Phi) is 2.43. The maximum atomic E-state index is 4.58. The predicted octanol–water partition coefficient (Wildman–Crippen LogP) is 3.56. The molecule has 1 saturated carbocycles. The molecule has 0 saturated heterocycles. The molecule has 16 heavy (non-hydrogen) atoms. The molecular formula is C14H18N2. The van der Waals surface area contributed by atoms with Gasteiger partial charge in [0.15, 0.2) is 0 Å². The summed E-state index contributed by atoms with van der Waals surface area (Å²) in [4.78, 5) is 4.58. The molecule has 1 aromatic carbocycles. The van der Waals surface area contributed by atoms with Gasteiger partial charge in [0.1, 0.15) is 5.84 Å². The molecule has 1 aliphatic heterocycles. The van der Waals surface area contributed by atoms with Gasteiger partial charge in [-0.25, -0.2) is 0 Å². The third kappa shape index (κ3) is 2.11. The molecule has 0 spiro atoms. The first-order chi connectivity index (χ1) is 7.81. The van der Waals surface area contributed by atoms with E-state index in [1.807, 2.05) is 0 Å². The average Bonchev–Trinajstić information content (AvgIpc) is 3.05. The normalized spacial score (nSPS) is 24.3. The van der Waals surface area contributed by atoms with Gasteiger partial charge in [-0.3, -0.25) is 4.99 Å². The zero-order valence-corrected chi connectivity index (χ0v) is 9.74. The standard InChI is InChI=1S/C14H18N2/c1-10-5-8-14(15-10)16-13-4-2-3-12(9-13)11-6-7-11/h2-4,9-11H,5-8H2,1H3,(H,15,16). The highest BCUT2D eigenvalue weighted by molar-refractivity contribution is 5.96. The Bertz CT molecular complexity index is 418. The molecular weight excluding hydrogens is 196 g/mol. The minimum absolute atomic E-state index is 0.495. The van der Waals surface area contributed by atoms with Crippen LogP contribution in [0.4, 0.5) is 5.69 Å². The third-order valence-corrected chi connectivity index (χ3v) is 3.40. The number of benzene rings is 1. The SMILES string of the molecule is CC1CCC(Nc2cccc(C3CC3)c2)=N1. The molecule has 1 aliphatic carbocycles. The van der Waals surface area contributed by atoms with Crippen LogP contribution < -0.4 is 5.32 Å². The predicted molar refractivity (Wildman–Crippen MR) is 68.2 cm³/mol. The molecule has 2 aliphatic rings. The van der Waals surface area contributed by atoms with Crippen LogP contribution in [0.15, 0.2) is 29.3 Å². The molecule has 1 fully saturated rings. The molecule has 1 N–H and O–H groups in total. The molecule has 84 valence electrons. The number of anilines is 1. The second-order valence-electron chi connectivity index (χ2n) is 4.99. The molecule has 1 aromatic rings. The van der Waals surface area contributed by atoms with Crippen molar-refractivity contribution in [1.29, 1.82) is 0 Å². The molecule has 1 unspecified atom stereocenters. The molecule has 0 aromatic heterocycles. The van der Waals surface area contributed by atoms with Crippen LogP contribution in [0.25, 0.3) is 0 Å². The maximum Gasteiger partial charge on any atom is 0.101 e. The van der Waals surface area contributed by atoms with Gasteiger partial charge in [0, 0.05) is 18.2 Å². The summed E-state index contributed by atoms with van der Waals surface area (Å²) < 4.78 is 0. The topological polar surface area (TPSA) is 24.4 Å². The van der Waals surface area contributed by atoms with Crippen LogP contribution in [0.1, 0.15) is 44.1 Å². The lowest BCUT2D eigenvalue weighted by atomic mass is 10.1. The Balaban J connectivity index is 1.74. The molecule has 1 heterocycles. The van der Waals surface area contributed by atoms with Crippen molar-refractivity contribution in [2.45, 2.75) is 44.6 Å². The Morgan fingerprint density at radius 1 is 1.25 bits per heavy atom. The van der Waals surface area contributed by atoms with Gasteiger partial charge in [-0.05, 0) is 49.8 Å². The number of rotatable bonds is 2. The molecule has 0 amide bonds. The van der Waals surface area contributed by atoms with Crippen molar-refractivity contribution in [1.82, 2.24) is 0 Å². The summed E-state index contributed by atoms with van der Waals surface area (Å²) in [6.45, 7) is 2.18. The van der Waals surface area contributed by atoms with Gasteiger partial charge < -0.3 is 5.32 Å². The molecule has 3 rings (SSSR count). The van der Waals surface area contributed by atoms with Crippen LogP contribution in [0.3, 0.4) is 0 Å². The lowest BCUT2D eigenvalue weighted by Crippen LogP contribution is -2.08. The lowest BCUT2D eigenvalue weighted by Gasteiger charge is -2.07. The van der Waals surface area contributed by atoms with Crippen LogP contribution >= 0.6 is 0 Å².